The van der Waals surface area contributed by atoms with Crippen molar-refractivity contribution in [1.82, 2.24) is 9.80 Å². The van der Waals surface area contributed by atoms with Gasteiger partial charge in [0.25, 0.3) is 0 Å². The van der Waals surface area contributed by atoms with E-state index in [1.54, 1.807) is 79.5 Å². The van der Waals surface area contributed by atoms with E-state index in [9.17, 15) is 46.4 Å². The van der Waals surface area contributed by atoms with Gasteiger partial charge in [0.05, 0.1) is 101 Å². The summed E-state index contributed by atoms with van der Waals surface area (Å²) in [5.41, 5.74) is 0.640. The normalized spacial score (nSPS) is 39.0. The van der Waals surface area contributed by atoms with Gasteiger partial charge in [-0.2, -0.15) is 0 Å². The van der Waals surface area contributed by atoms with Crippen molar-refractivity contribution in [3.8, 4) is 23.0 Å². The summed E-state index contributed by atoms with van der Waals surface area (Å²) < 4.78 is 74.5. The fourth-order valence-electron chi connectivity index (χ4n) is 17.6. The van der Waals surface area contributed by atoms with E-state index in [-0.39, 0.29) is 43.3 Å². The predicted octanol–water partition coefficient (Wildman–Crippen LogP) is 2.55. The third-order valence-electron chi connectivity index (χ3n) is 21.8. The number of Topliss-reactive ketones (excluding diaryl/α,β-unsaturated/α-hetero) is 5. The summed E-state index contributed by atoms with van der Waals surface area (Å²) in [6.07, 6.45) is -19.8. The molecule has 12 rings (SSSR count). The second-order valence-electron chi connectivity index (χ2n) is 27.4. The Labute approximate surface area is 559 Å². The number of hydrogen-bond acceptors (Lipinski definition) is 26. The molecule has 4 saturated heterocycles. The molecule has 28 nitrogen and oxygen atoms in total. The van der Waals surface area contributed by atoms with Gasteiger partial charge in [-0.15, -0.1) is 0 Å². The average molecular weight is 1360 g/mol. The van der Waals surface area contributed by atoms with E-state index in [0.717, 1.165) is 24.3 Å². The first-order valence-corrected chi connectivity index (χ1v) is 32.9. The zero-order chi connectivity index (χ0) is 70.2. The summed E-state index contributed by atoms with van der Waals surface area (Å²) in [7, 11) is 11.3. The molecule has 0 spiro atoms. The van der Waals surface area contributed by atoms with Gasteiger partial charge in [0.2, 0.25) is 5.78 Å². The lowest BCUT2D eigenvalue weighted by Crippen LogP contribution is -2.77. The second kappa shape index (κ2) is 26.2. The molecule has 0 radical (unpaired) electrons. The van der Waals surface area contributed by atoms with Gasteiger partial charge in [0.1, 0.15) is 64.4 Å². The largest absolute Gasteiger partial charge is 0.511 e. The van der Waals surface area contributed by atoms with E-state index in [0.29, 0.717) is 0 Å². The van der Waals surface area contributed by atoms with E-state index < -0.39 is 259 Å². The second-order valence-corrected chi connectivity index (χ2v) is 27.4. The molecule has 0 amide bonds. The third kappa shape index (κ3) is 10.8. The van der Waals surface area contributed by atoms with Gasteiger partial charge in [-0.3, -0.25) is 24.0 Å². The average Bonchev–Trinajstić information content (AvgIpc) is 1.60. The first kappa shape index (κ1) is 70.3. The molecule has 4 aliphatic heterocycles. The van der Waals surface area contributed by atoms with Crippen molar-refractivity contribution in [1.29, 1.82) is 0 Å². The van der Waals surface area contributed by atoms with Crippen molar-refractivity contribution in [2.24, 2.45) is 11.8 Å². The zero-order valence-electron chi connectivity index (χ0n) is 56.2. The molecule has 23 atom stereocenters. The van der Waals surface area contributed by atoms with Crippen LogP contribution in [0.25, 0.3) is 5.53 Å². The number of hydrogen-bond donors (Lipinski definition) is 9. The van der Waals surface area contributed by atoms with Crippen LogP contribution in [-0.2, 0) is 56.9 Å². The number of nitrogens with zero attached hydrogens (tertiary/aromatic N) is 3. The number of ether oxygens (including phenoxy) is 11. The topological polar surface area (TPSA) is 391 Å². The van der Waals surface area contributed by atoms with E-state index in [1.807, 2.05) is 0 Å². The molecule has 2 aromatic carbocycles. The highest BCUT2D eigenvalue weighted by Crippen LogP contribution is 2.63. The Balaban J connectivity index is 1.20. The van der Waals surface area contributed by atoms with Crippen molar-refractivity contribution in [2.45, 2.75) is 208 Å². The molecule has 526 valence electrons. The number of aliphatic hydroxyl groups is 4. The quantitative estimate of drug-likeness (QED) is 0.0811. The molecule has 10 aliphatic rings. The summed E-state index contributed by atoms with van der Waals surface area (Å²) >= 11 is 0. The lowest BCUT2D eigenvalue weighted by molar-refractivity contribution is -0.505. The van der Waals surface area contributed by atoms with Crippen molar-refractivity contribution in [2.75, 3.05) is 49.5 Å². The molecule has 23 unspecified atom stereocenters. The SMILES string of the molecule is CCC1(OC2CC(OC)C(OC)C(C)O2)C(OC2CC(O)C(N(C)C)C(C)O2)C2=C(C(=O)C1C1C(O)=C3C(=CC4=C3C(=O)c3c(O)ccc(O)c3C4=O)C(OC3CC(O)C(N(C)C)C(C)O3)C1(CC)OC1CC(OC)C(O)C(C)O1)C1=C(C(=O)c3c(O)ccc(O)c3C1=O)C2[NH+]=[N-]. The number of methoxy groups -OCH3 is 3. The number of benzene rings is 2. The Kier molecular flexibility index (Phi) is 19.0. The van der Waals surface area contributed by atoms with Crippen molar-refractivity contribution in [3.05, 3.63) is 108 Å². The first-order chi connectivity index (χ1) is 46.0. The van der Waals surface area contributed by atoms with Crippen LogP contribution in [0.4, 0.5) is 0 Å². The summed E-state index contributed by atoms with van der Waals surface area (Å²) in [5.74, 6) is -13.6. The molecule has 0 saturated carbocycles. The molecule has 28 heteroatoms. The lowest BCUT2D eigenvalue weighted by Gasteiger charge is -2.59. The minimum Gasteiger partial charge on any atom is -0.511 e. The Morgan fingerprint density at radius 1 is 0.546 bits per heavy atom. The molecule has 4 fully saturated rings. The standard InChI is InChI=1S/C69H86N4O24/c1-14-68(96-41-23-37(87-11)58(80)27(5)92-41)53(63(85)44-30(66(68)94-39-21-35(78)56(72(7)8)25(3)90-39)20-29-43(44)60(82)46-32(75)17-16-31(74)45(46)59(29)81)54-64(86)50-49-51(62(84)48-34(77)19-18-33(76)47(48)61(49)83)55(71-70)52(50)67(95-40-22-36(79)57(73(9)10)26(4)91-40)69(54,15-2)97-42-24-38(88-12)65(89-13)28(6)93-42/h16-20,25-28,35-42,53-58,65-67,71,74-80,85H,14-15,21-24H2,1-13H3. The maximum Gasteiger partial charge on any atom is 0.201 e. The molecule has 4 heterocycles. The molecular weight excluding hydrogens is 1270 g/mol. The number of nitrogens with one attached hydrogen (secondary N) is 1. The predicted molar refractivity (Wildman–Crippen MR) is 335 cm³/mol. The minimum atomic E-state index is -2.49. The lowest BCUT2D eigenvalue weighted by atomic mass is 9.55. The number of aliphatic hydroxyl groups excluding tert-OH is 4. The fourth-order valence-corrected chi connectivity index (χ4v) is 17.6. The number of aromatic hydroxyl groups is 4. The van der Waals surface area contributed by atoms with Crippen molar-refractivity contribution < 1.29 is 122 Å². The van der Waals surface area contributed by atoms with Crippen molar-refractivity contribution >= 4 is 28.9 Å². The van der Waals surface area contributed by atoms with Gasteiger partial charge >= 0.3 is 0 Å². The monoisotopic (exact) mass is 1350 g/mol. The summed E-state index contributed by atoms with van der Waals surface area (Å²) in [6, 6.07) is 0.885. The summed E-state index contributed by atoms with van der Waals surface area (Å²) in [4.78, 5) is 83.8. The Morgan fingerprint density at radius 2 is 1.00 bits per heavy atom. The number of phenols is 4. The molecule has 0 aromatic heterocycles. The van der Waals surface area contributed by atoms with E-state index in [2.05, 4.69) is 5.11 Å². The summed E-state index contributed by atoms with van der Waals surface area (Å²) in [6.45, 7) is 9.90. The smallest absolute Gasteiger partial charge is 0.201 e. The van der Waals surface area contributed by atoms with E-state index in [1.165, 1.54) is 27.4 Å². The molecular formula is C69H86N4O24. The van der Waals surface area contributed by atoms with Gasteiger partial charge in [0.15, 0.2) is 54.3 Å². The van der Waals surface area contributed by atoms with Gasteiger partial charge in [-0.25, -0.2) is 0 Å². The van der Waals surface area contributed by atoms with Crippen LogP contribution in [0.2, 0.25) is 0 Å². The number of ketones is 5. The van der Waals surface area contributed by atoms with Crippen LogP contribution in [0.3, 0.4) is 0 Å². The maximum absolute atomic E-state index is 17.9. The van der Waals surface area contributed by atoms with Crippen LogP contribution >= 0.6 is 0 Å². The Morgan fingerprint density at radius 3 is 1.47 bits per heavy atom. The Bertz CT molecular complexity index is 3740. The van der Waals surface area contributed by atoms with Crippen LogP contribution in [-0.4, -0.2) is 257 Å². The highest BCUT2D eigenvalue weighted by atomic mass is 16.7. The van der Waals surface area contributed by atoms with Crippen LogP contribution in [0.1, 0.15) is 121 Å². The maximum atomic E-state index is 17.9. The van der Waals surface area contributed by atoms with Crippen LogP contribution in [0.5, 0.6) is 23.0 Å². The Hall–Kier alpha value is -6.55. The van der Waals surface area contributed by atoms with Crippen LogP contribution < -0.4 is 5.11 Å². The van der Waals surface area contributed by atoms with Crippen LogP contribution in [0.15, 0.2) is 80.7 Å². The van der Waals surface area contributed by atoms with Gasteiger partial charge < -0.3 is 113 Å². The fraction of sp³-hybridized carbons (Fsp3) is 0.609. The molecule has 9 N–H and O–H groups in total. The van der Waals surface area contributed by atoms with E-state index in [4.69, 9.17) is 52.1 Å². The number of phenolic OH excluding ortho intramolecular Hbond substituents is 4. The number of carbonyl (C=O) groups excluding carboxylic acids is 5. The van der Waals surface area contributed by atoms with Gasteiger partial charge in [0, 0.05) is 80.5 Å². The third-order valence-corrected chi connectivity index (χ3v) is 21.8. The molecule has 2 aromatic rings. The number of allylic oxidation sites excluding steroid dienone is 5. The molecule has 97 heavy (non-hydrogen) atoms. The van der Waals surface area contributed by atoms with Crippen molar-refractivity contribution in [3.63, 3.8) is 0 Å². The number of likely N-dealkylation sites (N-methyl/N-ethyl adjacent to an activating group) is 2. The van der Waals surface area contributed by atoms with Gasteiger partial charge in [-0.1, -0.05) is 13.8 Å². The van der Waals surface area contributed by atoms with Crippen LogP contribution in [0, 0.1) is 11.8 Å². The highest BCUT2D eigenvalue weighted by molar-refractivity contribution is 6.35. The molecule has 0 bridgehead atoms. The first-order valence-electron chi connectivity index (χ1n) is 32.9. The number of fused-ring (bicyclic) bond motifs is 5. The highest BCUT2D eigenvalue weighted by Gasteiger charge is 2.72. The number of carbonyl (C=O) groups is 5. The van der Waals surface area contributed by atoms with E-state index >= 15 is 24.0 Å². The molecule has 6 aliphatic carbocycles. The number of rotatable bonds is 17. The minimum absolute atomic E-state index is 0.136. The van der Waals surface area contributed by atoms with Gasteiger partial charge in [-0.05, 0) is 105 Å². The zero-order valence-corrected chi connectivity index (χ0v) is 56.2. The summed E-state index contributed by atoms with van der Waals surface area (Å²) in [5, 5.41) is 98.5.